The van der Waals surface area contributed by atoms with Crippen molar-refractivity contribution in [2.75, 3.05) is 19.7 Å². The van der Waals surface area contributed by atoms with E-state index >= 15 is 0 Å². The summed E-state index contributed by atoms with van der Waals surface area (Å²) in [5, 5.41) is 0. The molecule has 1 aromatic rings. The lowest BCUT2D eigenvalue weighted by molar-refractivity contribution is 0.0689. The molecule has 2 nitrogen and oxygen atoms in total. The zero-order valence-corrected chi connectivity index (χ0v) is 15.8. The van der Waals surface area contributed by atoms with E-state index in [1.54, 1.807) is 0 Å². The molecule has 1 saturated heterocycles. The van der Waals surface area contributed by atoms with Gasteiger partial charge in [0.25, 0.3) is 0 Å². The normalized spacial score (nSPS) is 19.0. The fraction of sp³-hybridized carbons (Fsp3) is 0.714. The summed E-state index contributed by atoms with van der Waals surface area (Å²) >= 11 is 0. The molecule has 1 fully saturated rings. The third kappa shape index (κ3) is 6.27. The predicted octanol–water partition coefficient (Wildman–Crippen LogP) is 5.01. The van der Waals surface area contributed by atoms with Crippen LogP contribution in [0.3, 0.4) is 0 Å². The highest BCUT2D eigenvalue weighted by Gasteiger charge is 2.20. The number of benzene rings is 1. The first-order valence-electron chi connectivity index (χ1n) is 9.28. The van der Waals surface area contributed by atoms with Crippen molar-refractivity contribution in [3.05, 3.63) is 35.4 Å². The smallest absolute Gasteiger partial charge is 0.0702 e. The molecule has 0 aromatic heterocycles. The van der Waals surface area contributed by atoms with E-state index in [1.165, 1.54) is 36.9 Å². The lowest BCUT2D eigenvalue weighted by atomic mass is 9.87. The van der Waals surface area contributed by atoms with E-state index < -0.39 is 0 Å². The van der Waals surface area contributed by atoms with Crippen molar-refractivity contribution < 1.29 is 4.74 Å². The first kappa shape index (κ1) is 18.5. The van der Waals surface area contributed by atoms with Gasteiger partial charge < -0.3 is 4.74 Å². The molecule has 23 heavy (non-hydrogen) atoms. The van der Waals surface area contributed by atoms with Crippen LogP contribution in [-0.2, 0) is 16.7 Å². The second-order valence-corrected chi connectivity index (χ2v) is 8.50. The molecular formula is C21H35NO. The van der Waals surface area contributed by atoms with Crippen LogP contribution in [0.25, 0.3) is 0 Å². The minimum atomic E-state index is 0.230. The zero-order chi connectivity index (χ0) is 16.9. The molecule has 130 valence electrons. The lowest BCUT2D eigenvalue weighted by Gasteiger charge is -2.26. The van der Waals surface area contributed by atoms with Gasteiger partial charge in [-0.3, -0.25) is 4.90 Å². The first-order valence-corrected chi connectivity index (χ1v) is 9.28. The monoisotopic (exact) mass is 317 g/mol. The van der Waals surface area contributed by atoms with E-state index in [0.29, 0.717) is 6.10 Å². The predicted molar refractivity (Wildman–Crippen MR) is 98.8 cm³/mol. The third-order valence-corrected chi connectivity index (χ3v) is 4.73. The minimum absolute atomic E-state index is 0.230. The molecular weight excluding hydrogens is 282 g/mol. The van der Waals surface area contributed by atoms with Crippen molar-refractivity contribution in [1.82, 2.24) is 4.90 Å². The van der Waals surface area contributed by atoms with Gasteiger partial charge in [0.05, 0.1) is 6.10 Å². The summed E-state index contributed by atoms with van der Waals surface area (Å²) < 4.78 is 5.85. The lowest BCUT2D eigenvalue weighted by Crippen LogP contribution is -2.33. The van der Waals surface area contributed by atoms with Gasteiger partial charge in [-0.05, 0) is 48.3 Å². The molecule has 1 aromatic carbocycles. The Labute approximate surface area is 143 Å². The second kappa shape index (κ2) is 8.30. The maximum absolute atomic E-state index is 5.85. The highest BCUT2D eigenvalue weighted by atomic mass is 16.5. The Balaban J connectivity index is 1.97. The highest BCUT2D eigenvalue weighted by Crippen LogP contribution is 2.23. The SMILES string of the molecule is CC(C)CCN(Cc1ccc(C(C)(C)C)cc1)CC1CCCO1. The Hall–Kier alpha value is -0.860. The summed E-state index contributed by atoms with van der Waals surface area (Å²) in [7, 11) is 0. The maximum atomic E-state index is 5.85. The molecule has 0 radical (unpaired) electrons. The van der Waals surface area contributed by atoms with E-state index in [-0.39, 0.29) is 5.41 Å². The summed E-state index contributed by atoms with van der Waals surface area (Å²) in [6.07, 6.45) is 4.15. The summed E-state index contributed by atoms with van der Waals surface area (Å²) in [5.41, 5.74) is 3.06. The van der Waals surface area contributed by atoms with Crippen LogP contribution in [0.4, 0.5) is 0 Å². The van der Waals surface area contributed by atoms with Crippen molar-refractivity contribution >= 4 is 0 Å². The van der Waals surface area contributed by atoms with E-state index in [0.717, 1.165) is 25.6 Å². The summed E-state index contributed by atoms with van der Waals surface area (Å²) in [6.45, 7) is 15.7. The van der Waals surface area contributed by atoms with Gasteiger partial charge in [-0.2, -0.15) is 0 Å². The largest absolute Gasteiger partial charge is 0.377 e. The topological polar surface area (TPSA) is 12.5 Å². The Morgan fingerprint density at radius 2 is 1.87 bits per heavy atom. The summed E-state index contributed by atoms with van der Waals surface area (Å²) in [4.78, 5) is 2.59. The average molecular weight is 318 g/mol. The zero-order valence-electron chi connectivity index (χ0n) is 15.8. The fourth-order valence-electron chi connectivity index (χ4n) is 3.12. The number of nitrogens with zero attached hydrogens (tertiary/aromatic N) is 1. The number of hydrogen-bond acceptors (Lipinski definition) is 2. The van der Waals surface area contributed by atoms with E-state index in [4.69, 9.17) is 4.74 Å². The highest BCUT2D eigenvalue weighted by molar-refractivity contribution is 5.27. The van der Waals surface area contributed by atoms with Gasteiger partial charge in [-0.1, -0.05) is 58.9 Å². The molecule has 1 heterocycles. The maximum Gasteiger partial charge on any atom is 0.0702 e. The molecule has 0 saturated carbocycles. The van der Waals surface area contributed by atoms with Gasteiger partial charge in [0.15, 0.2) is 0 Å². The molecule has 0 spiro atoms. The molecule has 0 bridgehead atoms. The average Bonchev–Trinajstić information content (AvgIpc) is 2.97. The Morgan fingerprint density at radius 3 is 2.39 bits per heavy atom. The van der Waals surface area contributed by atoms with Gasteiger partial charge in [0, 0.05) is 19.7 Å². The van der Waals surface area contributed by atoms with Crippen LogP contribution in [0.5, 0.6) is 0 Å². The molecule has 1 atom stereocenters. The van der Waals surface area contributed by atoms with E-state index in [2.05, 4.69) is 63.8 Å². The van der Waals surface area contributed by atoms with E-state index in [1.807, 2.05) is 0 Å². The Bertz CT molecular complexity index is 452. The molecule has 1 aliphatic heterocycles. The van der Waals surface area contributed by atoms with Crippen molar-refractivity contribution in [2.24, 2.45) is 5.92 Å². The summed E-state index contributed by atoms with van der Waals surface area (Å²) in [6, 6.07) is 9.20. The quantitative estimate of drug-likeness (QED) is 0.701. The molecule has 0 aliphatic carbocycles. The molecule has 2 heteroatoms. The van der Waals surface area contributed by atoms with Gasteiger partial charge >= 0.3 is 0 Å². The van der Waals surface area contributed by atoms with Crippen LogP contribution in [0.2, 0.25) is 0 Å². The molecule has 0 amide bonds. The number of hydrogen-bond donors (Lipinski definition) is 0. The standard InChI is InChI=1S/C21H35NO/c1-17(2)12-13-22(16-20-7-6-14-23-20)15-18-8-10-19(11-9-18)21(3,4)5/h8-11,17,20H,6-7,12-16H2,1-5H3. The molecule has 0 N–H and O–H groups in total. The van der Waals surface area contributed by atoms with Gasteiger partial charge in [0.1, 0.15) is 0 Å². The van der Waals surface area contributed by atoms with Crippen LogP contribution < -0.4 is 0 Å². The van der Waals surface area contributed by atoms with Crippen molar-refractivity contribution in [1.29, 1.82) is 0 Å². The Kier molecular flexibility index (Phi) is 6.67. The summed E-state index contributed by atoms with van der Waals surface area (Å²) in [5.74, 6) is 0.755. The second-order valence-electron chi connectivity index (χ2n) is 8.50. The van der Waals surface area contributed by atoms with Gasteiger partial charge in [0.2, 0.25) is 0 Å². The van der Waals surface area contributed by atoms with Crippen LogP contribution >= 0.6 is 0 Å². The third-order valence-electron chi connectivity index (χ3n) is 4.73. The molecule has 1 aliphatic rings. The molecule has 1 unspecified atom stereocenters. The van der Waals surface area contributed by atoms with Gasteiger partial charge in [-0.15, -0.1) is 0 Å². The van der Waals surface area contributed by atoms with Crippen LogP contribution in [0.15, 0.2) is 24.3 Å². The fourth-order valence-corrected chi connectivity index (χ4v) is 3.12. The number of rotatable bonds is 7. The Morgan fingerprint density at radius 1 is 1.17 bits per heavy atom. The molecule has 2 rings (SSSR count). The first-order chi connectivity index (χ1) is 10.8. The van der Waals surface area contributed by atoms with E-state index in [9.17, 15) is 0 Å². The van der Waals surface area contributed by atoms with Gasteiger partial charge in [-0.25, -0.2) is 0 Å². The minimum Gasteiger partial charge on any atom is -0.377 e. The van der Waals surface area contributed by atoms with Crippen LogP contribution in [0, 0.1) is 5.92 Å². The van der Waals surface area contributed by atoms with Crippen molar-refractivity contribution in [3.8, 4) is 0 Å². The van der Waals surface area contributed by atoms with Crippen LogP contribution in [0.1, 0.15) is 65.0 Å². The van der Waals surface area contributed by atoms with Crippen LogP contribution in [-0.4, -0.2) is 30.7 Å². The van der Waals surface area contributed by atoms with Crippen molar-refractivity contribution in [2.45, 2.75) is 71.9 Å². The number of ether oxygens (including phenoxy) is 1. The van der Waals surface area contributed by atoms with Crippen molar-refractivity contribution in [3.63, 3.8) is 0 Å².